The Labute approximate surface area is 160 Å². The standard InChI is InChI=1S/C20H20N2O4S/c1-3-26-16-9-8-13-6-4-5-7-14(13)15(16)11-21-17(23)10-18-22-12(2)19(27-18)20(24)25/h4-9H,3,10-11H2,1-2H3,(H,21,23)(H,24,25). The van der Waals surface area contributed by atoms with Crippen LogP contribution in [0.25, 0.3) is 10.8 Å². The van der Waals surface area contributed by atoms with Crippen molar-refractivity contribution in [3.05, 3.63) is 57.5 Å². The molecule has 1 amide bonds. The highest BCUT2D eigenvalue weighted by Crippen LogP contribution is 2.28. The summed E-state index contributed by atoms with van der Waals surface area (Å²) in [5.41, 5.74) is 1.35. The molecule has 6 nitrogen and oxygen atoms in total. The van der Waals surface area contributed by atoms with Crippen LogP contribution >= 0.6 is 11.3 Å². The van der Waals surface area contributed by atoms with Gasteiger partial charge in [0.25, 0.3) is 0 Å². The Morgan fingerprint density at radius 2 is 2.00 bits per heavy atom. The number of aromatic nitrogens is 1. The minimum atomic E-state index is -1.02. The predicted octanol–water partition coefficient (Wildman–Crippen LogP) is 3.56. The van der Waals surface area contributed by atoms with Crippen LogP contribution in [0.5, 0.6) is 5.75 Å². The number of carboxylic acid groups (broad SMARTS) is 1. The van der Waals surface area contributed by atoms with Gasteiger partial charge in [0, 0.05) is 12.1 Å². The Morgan fingerprint density at radius 3 is 2.70 bits per heavy atom. The monoisotopic (exact) mass is 384 g/mol. The summed E-state index contributed by atoms with van der Waals surface area (Å²) in [6.07, 6.45) is 0.0491. The largest absolute Gasteiger partial charge is 0.494 e. The first-order valence-electron chi connectivity index (χ1n) is 8.59. The first kappa shape index (κ1) is 18.8. The Morgan fingerprint density at radius 1 is 1.22 bits per heavy atom. The van der Waals surface area contributed by atoms with Crippen molar-refractivity contribution in [2.45, 2.75) is 26.8 Å². The van der Waals surface area contributed by atoms with E-state index < -0.39 is 5.97 Å². The maximum absolute atomic E-state index is 12.3. The van der Waals surface area contributed by atoms with E-state index >= 15 is 0 Å². The number of fused-ring (bicyclic) bond motifs is 1. The number of nitrogens with one attached hydrogen (secondary N) is 1. The lowest BCUT2D eigenvalue weighted by atomic mass is 10.0. The van der Waals surface area contributed by atoms with Crippen LogP contribution in [0, 0.1) is 6.92 Å². The van der Waals surface area contributed by atoms with E-state index in [2.05, 4.69) is 10.3 Å². The average molecular weight is 384 g/mol. The maximum atomic E-state index is 12.3. The molecule has 1 aromatic heterocycles. The fraction of sp³-hybridized carbons (Fsp3) is 0.250. The predicted molar refractivity (Wildman–Crippen MR) is 104 cm³/mol. The van der Waals surface area contributed by atoms with Gasteiger partial charge in [0.05, 0.1) is 18.7 Å². The van der Waals surface area contributed by atoms with Crippen LogP contribution in [0.15, 0.2) is 36.4 Å². The summed E-state index contributed by atoms with van der Waals surface area (Å²) in [5.74, 6) is -0.486. The molecule has 0 aliphatic heterocycles. The van der Waals surface area contributed by atoms with Crippen LogP contribution in [-0.4, -0.2) is 28.6 Å². The van der Waals surface area contributed by atoms with Crippen LogP contribution in [0.2, 0.25) is 0 Å². The molecule has 2 N–H and O–H groups in total. The van der Waals surface area contributed by atoms with Crippen molar-refractivity contribution >= 4 is 34.0 Å². The summed E-state index contributed by atoms with van der Waals surface area (Å²) in [7, 11) is 0. The van der Waals surface area contributed by atoms with Gasteiger partial charge in [-0.25, -0.2) is 9.78 Å². The first-order valence-corrected chi connectivity index (χ1v) is 9.41. The minimum absolute atomic E-state index is 0.0491. The molecule has 0 saturated carbocycles. The molecule has 3 rings (SSSR count). The van der Waals surface area contributed by atoms with Crippen LogP contribution in [-0.2, 0) is 17.8 Å². The zero-order valence-electron chi connectivity index (χ0n) is 15.1. The van der Waals surface area contributed by atoms with Crippen LogP contribution < -0.4 is 10.1 Å². The van der Waals surface area contributed by atoms with Crippen molar-refractivity contribution in [2.24, 2.45) is 0 Å². The van der Waals surface area contributed by atoms with Gasteiger partial charge < -0.3 is 15.2 Å². The third-order valence-corrected chi connectivity index (χ3v) is 5.25. The molecule has 0 aliphatic rings. The molecule has 0 unspecified atom stereocenters. The SMILES string of the molecule is CCOc1ccc2ccccc2c1CNC(=O)Cc1nc(C)c(C(=O)O)s1. The highest BCUT2D eigenvalue weighted by Gasteiger charge is 2.16. The number of ether oxygens (including phenoxy) is 1. The van der Waals surface area contributed by atoms with E-state index in [0.29, 0.717) is 23.9 Å². The highest BCUT2D eigenvalue weighted by atomic mass is 32.1. The molecule has 27 heavy (non-hydrogen) atoms. The van der Waals surface area contributed by atoms with Crippen LogP contribution in [0.3, 0.4) is 0 Å². The van der Waals surface area contributed by atoms with Crippen molar-refractivity contribution in [1.29, 1.82) is 0 Å². The molecule has 0 saturated heterocycles. The lowest BCUT2D eigenvalue weighted by molar-refractivity contribution is -0.120. The molecule has 0 fully saturated rings. The molecular formula is C20H20N2O4S. The van der Waals surface area contributed by atoms with Crippen LogP contribution in [0.1, 0.15) is 32.9 Å². The van der Waals surface area contributed by atoms with E-state index in [4.69, 9.17) is 9.84 Å². The summed E-state index contributed by atoms with van der Waals surface area (Å²) in [4.78, 5) is 27.8. The molecule has 0 bridgehead atoms. The van der Waals surface area contributed by atoms with Crippen molar-refractivity contribution in [3.8, 4) is 5.75 Å². The Kier molecular flexibility index (Phi) is 5.71. The normalized spacial score (nSPS) is 10.7. The van der Waals surface area contributed by atoms with E-state index in [1.807, 2.05) is 43.3 Å². The van der Waals surface area contributed by atoms with Crippen molar-refractivity contribution in [2.75, 3.05) is 6.61 Å². The third kappa shape index (κ3) is 4.25. The topological polar surface area (TPSA) is 88.5 Å². The van der Waals surface area contributed by atoms with Gasteiger partial charge >= 0.3 is 5.97 Å². The Bertz CT molecular complexity index is 997. The summed E-state index contributed by atoms with van der Waals surface area (Å²) in [6, 6.07) is 11.9. The minimum Gasteiger partial charge on any atom is -0.494 e. The van der Waals surface area contributed by atoms with Crippen molar-refractivity contribution in [3.63, 3.8) is 0 Å². The maximum Gasteiger partial charge on any atom is 0.347 e. The van der Waals surface area contributed by atoms with Gasteiger partial charge in [-0.05, 0) is 30.7 Å². The van der Waals surface area contributed by atoms with Gasteiger partial charge in [0.15, 0.2) is 0 Å². The summed E-state index contributed by atoms with van der Waals surface area (Å²) in [5, 5.41) is 14.6. The zero-order chi connectivity index (χ0) is 19.4. The van der Waals surface area contributed by atoms with Gasteiger partial charge in [0.1, 0.15) is 15.6 Å². The number of carbonyl (C=O) groups is 2. The molecule has 140 valence electrons. The molecule has 0 atom stereocenters. The van der Waals surface area contributed by atoms with Gasteiger partial charge in [-0.1, -0.05) is 30.3 Å². The number of benzene rings is 2. The second-order valence-corrected chi connectivity index (χ2v) is 7.06. The van der Waals surface area contributed by atoms with Crippen molar-refractivity contribution < 1.29 is 19.4 Å². The van der Waals surface area contributed by atoms with E-state index in [1.165, 1.54) is 0 Å². The van der Waals surface area contributed by atoms with E-state index in [-0.39, 0.29) is 17.2 Å². The third-order valence-electron chi connectivity index (χ3n) is 4.11. The Hall–Kier alpha value is -2.93. The van der Waals surface area contributed by atoms with E-state index in [9.17, 15) is 9.59 Å². The molecule has 0 aliphatic carbocycles. The summed E-state index contributed by atoms with van der Waals surface area (Å²) in [6.45, 7) is 4.41. The second-order valence-electron chi connectivity index (χ2n) is 5.98. The van der Waals surface area contributed by atoms with Crippen LogP contribution in [0.4, 0.5) is 0 Å². The smallest absolute Gasteiger partial charge is 0.347 e. The number of aromatic carboxylic acids is 1. The van der Waals surface area contributed by atoms with Crippen molar-refractivity contribution in [1.82, 2.24) is 10.3 Å². The van der Waals surface area contributed by atoms with Gasteiger partial charge in [-0.2, -0.15) is 0 Å². The number of thiazole rings is 1. The molecule has 3 aromatic rings. The fourth-order valence-corrected chi connectivity index (χ4v) is 3.80. The quantitative estimate of drug-likeness (QED) is 0.650. The lowest BCUT2D eigenvalue weighted by Crippen LogP contribution is -2.25. The van der Waals surface area contributed by atoms with E-state index in [0.717, 1.165) is 33.4 Å². The molecule has 0 radical (unpaired) electrons. The Balaban J connectivity index is 1.76. The molecule has 7 heteroatoms. The number of amides is 1. The number of hydrogen-bond donors (Lipinski definition) is 2. The molecule has 0 spiro atoms. The number of nitrogens with zero attached hydrogens (tertiary/aromatic N) is 1. The number of rotatable bonds is 7. The second kappa shape index (κ2) is 8.18. The van der Waals surface area contributed by atoms with E-state index in [1.54, 1.807) is 6.92 Å². The summed E-state index contributed by atoms with van der Waals surface area (Å²) >= 11 is 1.04. The molecule has 2 aromatic carbocycles. The van der Waals surface area contributed by atoms with Gasteiger partial charge in [-0.3, -0.25) is 4.79 Å². The van der Waals surface area contributed by atoms with Gasteiger partial charge in [0.2, 0.25) is 5.91 Å². The zero-order valence-corrected chi connectivity index (χ0v) is 15.9. The fourth-order valence-electron chi connectivity index (χ4n) is 2.90. The molecular weight excluding hydrogens is 364 g/mol. The number of carboxylic acids is 1. The number of carbonyl (C=O) groups excluding carboxylic acids is 1. The lowest BCUT2D eigenvalue weighted by Gasteiger charge is -2.14. The first-order chi connectivity index (χ1) is 13.0. The highest BCUT2D eigenvalue weighted by molar-refractivity contribution is 7.13. The average Bonchev–Trinajstić information content (AvgIpc) is 3.01. The summed E-state index contributed by atoms with van der Waals surface area (Å²) < 4.78 is 5.71. The van der Waals surface area contributed by atoms with Gasteiger partial charge in [-0.15, -0.1) is 11.3 Å². The molecule has 1 heterocycles. The number of hydrogen-bond acceptors (Lipinski definition) is 5. The number of aryl methyl sites for hydroxylation is 1.